The van der Waals surface area contributed by atoms with Crippen molar-refractivity contribution >= 4 is 6.08 Å². The molecular formula is C15H20. The Morgan fingerprint density at radius 1 is 1.07 bits per heavy atom. The van der Waals surface area contributed by atoms with Crippen molar-refractivity contribution in [2.24, 2.45) is 0 Å². The summed E-state index contributed by atoms with van der Waals surface area (Å²) in [6.45, 7) is 14.4. The fraction of sp³-hybridized carbons (Fsp3) is 0.333. The van der Waals surface area contributed by atoms with Gasteiger partial charge in [0.05, 0.1) is 0 Å². The number of benzene rings is 1. The largest absolute Gasteiger partial charge is 0.102 e. The van der Waals surface area contributed by atoms with Crippen molar-refractivity contribution in [3.8, 4) is 0 Å². The molecule has 80 valence electrons. The number of hydrogen-bond acceptors (Lipinski definition) is 0. The predicted octanol–water partition coefficient (Wildman–Crippen LogP) is 4.74. The third-order valence-electron chi connectivity index (χ3n) is 2.84. The van der Waals surface area contributed by atoms with Gasteiger partial charge in [0.1, 0.15) is 0 Å². The standard InChI is InChI=1S/C15H20/c1-6-12(5)15-10-8-9-14(11(3)4)13(15)7-2/h6-12H,1-2H2,3-5H3. The van der Waals surface area contributed by atoms with E-state index in [4.69, 9.17) is 0 Å². The van der Waals surface area contributed by atoms with Crippen molar-refractivity contribution in [1.82, 2.24) is 0 Å². The first-order valence-corrected chi connectivity index (χ1v) is 5.49. The predicted molar refractivity (Wildman–Crippen MR) is 69.2 cm³/mol. The maximum atomic E-state index is 3.92. The van der Waals surface area contributed by atoms with Crippen LogP contribution in [0.3, 0.4) is 0 Å². The van der Waals surface area contributed by atoms with E-state index in [0.29, 0.717) is 11.8 Å². The van der Waals surface area contributed by atoms with E-state index >= 15 is 0 Å². The third kappa shape index (κ3) is 2.38. The van der Waals surface area contributed by atoms with Gasteiger partial charge in [-0.3, -0.25) is 0 Å². The summed E-state index contributed by atoms with van der Waals surface area (Å²) in [4.78, 5) is 0. The van der Waals surface area contributed by atoms with Crippen LogP contribution in [0.25, 0.3) is 6.08 Å². The van der Waals surface area contributed by atoms with E-state index in [9.17, 15) is 0 Å². The Balaban J connectivity index is 3.34. The first-order valence-electron chi connectivity index (χ1n) is 5.49. The summed E-state index contributed by atoms with van der Waals surface area (Å²) in [7, 11) is 0. The van der Waals surface area contributed by atoms with Crippen LogP contribution in [0.5, 0.6) is 0 Å². The molecule has 0 heteroatoms. The Morgan fingerprint density at radius 3 is 2.13 bits per heavy atom. The van der Waals surface area contributed by atoms with Gasteiger partial charge in [-0.15, -0.1) is 6.58 Å². The van der Waals surface area contributed by atoms with Gasteiger partial charge in [-0.1, -0.05) is 57.7 Å². The SMILES string of the molecule is C=Cc1c(C(C)C)cccc1C(C)C=C. The van der Waals surface area contributed by atoms with Gasteiger partial charge in [0.25, 0.3) is 0 Å². The second-order valence-electron chi connectivity index (χ2n) is 4.23. The Morgan fingerprint density at radius 2 is 1.67 bits per heavy atom. The Labute approximate surface area is 93.3 Å². The highest BCUT2D eigenvalue weighted by atomic mass is 14.2. The van der Waals surface area contributed by atoms with E-state index < -0.39 is 0 Å². The van der Waals surface area contributed by atoms with Crippen LogP contribution in [0.1, 0.15) is 49.3 Å². The van der Waals surface area contributed by atoms with Crippen molar-refractivity contribution in [3.05, 3.63) is 54.1 Å². The molecule has 0 saturated heterocycles. The zero-order chi connectivity index (χ0) is 11.4. The lowest BCUT2D eigenvalue weighted by molar-refractivity contribution is 0.852. The molecule has 0 heterocycles. The van der Waals surface area contributed by atoms with Crippen LogP contribution in [0.4, 0.5) is 0 Å². The molecule has 0 saturated carbocycles. The normalized spacial score (nSPS) is 12.5. The highest BCUT2D eigenvalue weighted by Gasteiger charge is 2.11. The van der Waals surface area contributed by atoms with Crippen LogP contribution < -0.4 is 0 Å². The van der Waals surface area contributed by atoms with E-state index in [-0.39, 0.29) is 0 Å². The maximum Gasteiger partial charge on any atom is -0.000708 e. The van der Waals surface area contributed by atoms with Gasteiger partial charge in [0, 0.05) is 0 Å². The summed E-state index contributed by atoms with van der Waals surface area (Å²) in [5, 5.41) is 0. The minimum Gasteiger partial charge on any atom is -0.102 e. The fourth-order valence-corrected chi connectivity index (χ4v) is 1.86. The lowest BCUT2D eigenvalue weighted by atomic mass is 9.88. The Hall–Kier alpha value is -1.30. The van der Waals surface area contributed by atoms with E-state index in [1.165, 1.54) is 16.7 Å². The van der Waals surface area contributed by atoms with Gasteiger partial charge in [0.2, 0.25) is 0 Å². The highest BCUT2D eigenvalue weighted by molar-refractivity contribution is 5.58. The molecule has 0 aliphatic heterocycles. The van der Waals surface area contributed by atoms with Crippen LogP contribution in [0, 0.1) is 0 Å². The molecule has 0 aliphatic rings. The van der Waals surface area contributed by atoms with Gasteiger partial charge < -0.3 is 0 Å². The molecule has 1 aromatic carbocycles. The second kappa shape index (κ2) is 4.97. The Kier molecular flexibility index (Phi) is 3.90. The molecule has 0 fully saturated rings. The van der Waals surface area contributed by atoms with Crippen molar-refractivity contribution in [2.45, 2.75) is 32.6 Å². The van der Waals surface area contributed by atoms with Gasteiger partial charge in [-0.25, -0.2) is 0 Å². The van der Waals surface area contributed by atoms with E-state index in [1.54, 1.807) is 0 Å². The van der Waals surface area contributed by atoms with Crippen molar-refractivity contribution in [1.29, 1.82) is 0 Å². The van der Waals surface area contributed by atoms with E-state index in [1.807, 2.05) is 12.2 Å². The molecule has 1 atom stereocenters. The van der Waals surface area contributed by atoms with Crippen molar-refractivity contribution < 1.29 is 0 Å². The summed E-state index contributed by atoms with van der Waals surface area (Å²) in [6.07, 6.45) is 3.94. The molecule has 0 aliphatic carbocycles. The average molecular weight is 200 g/mol. The maximum absolute atomic E-state index is 3.92. The lowest BCUT2D eigenvalue weighted by Gasteiger charge is -2.17. The molecule has 1 rings (SSSR count). The van der Waals surface area contributed by atoms with Gasteiger partial charge >= 0.3 is 0 Å². The van der Waals surface area contributed by atoms with E-state index in [2.05, 4.69) is 52.1 Å². The molecule has 1 aromatic rings. The van der Waals surface area contributed by atoms with Crippen LogP contribution in [-0.4, -0.2) is 0 Å². The molecule has 15 heavy (non-hydrogen) atoms. The summed E-state index contributed by atoms with van der Waals surface area (Å²) in [5.41, 5.74) is 3.97. The smallest absolute Gasteiger partial charge is 0.000708 e. The first-order chi connectivity index (χ1) is 7.11. The monoisotopic (exact) mass is 200 g/mol. The van der Waals surface area contributed by atoms with Crippen molar-refractivity contribution in [2.75, 3.05) is 0 Å². The summed E-state index contributed by atoms with van der Waals surface area (Å²) in [5.74, 6) is 0.923. The van der Waals surface area contributed by atoms with Gasteiger partial charge in [-0.2, -0.15) is 0 Å². The zero-order valence-corrected chi connectivity index (χ0v) is 9.96. The molecule has 0 N–H and O–H groups in total. The lowest BCUT2D eigenvalue weighted by Crippen LogP contribution is -1.99. The molecule has 0 radical (unpaired) electrons. The molecule has 0 amide bonds. The van der Waals surface area contributed by atoms with Crippen LogP contribution in [0.15, 0.2) is 37.4 Å². The fourth-order valence-electron chi connectivity index (χ4n) is 1.86. The zero-order valence-electron chi connectivity index (χ0n) is 9.96. The number of rotatable bonds is 4. The topological polar surface area (TPSA) is 0 Å². The second-order valence-corrected chi connectivity index (χ2v) is 4.23. The summed E-state index contributed by atoms with van der Waals surface area (Å²) >= 11 is 0. The molecule has 0 spiro atoms. The minimum absolute atomic E-state index is 0.386. The quantitative estimate of drug-likeness (QED) is 0.616. The third-order valence-corrected chi connectivity index (χ3v) is 2.84. The van der Waals surface area contributed by atoms with Gasteiger partial charge in [0.15, 0.2) is 0 Å². The van der Waals surface area contributed by atoms with E-state index in [0.717, 1.165) is 0 Å². The van der Waals surface area contributed by atoms with Gasteiger partial charge in [-0.05, 0) is 28.5 Å². The molecular weight excluding hydrogens is 180 g/mol. The number of allylic oxidation sites excluding steroid dienone is 1. The average Bonchev–Trinajstić information content (AvgIpc) is 2.26. The molecule has 0 nitrogen and oxygen atoms in total. The first kappa shape index (κ1) is 11.8. The molecule has 0 aromatic heterocycles. The highest BCUT2D eigenvalue weighted by Crippen LogP contribution is 2.28. The summed E-state index contributed by atoms with van der Waals surface area (Å²) in [6, 6.07) is 6.47. The summed E-state index contributed by atoms with van der Waals surface area (Å²) < 4.78 is 0. The van der Waals surface area contributed by atoms with Crippen LogP contribution in [0.2, 0.25) is 0 Å². The van der Waals surface area contributed by atoms with Crippen molar-refractivity contribution in [3.63, 3.8) is 0 Å². The number of hydrogen-bond donors (Lipinski definition) is 0. The minimum atomic E-state index is 0.386. The molecule has 1 unspecified atom stereocenters. The van der Waals surface area contributed by atoms with Crippen LogP contribution in [-0.2, 0) is 0 Å². The molecule has 0 bridgehead atoms. The Bertz CT molecular complexity index is 358. The van der Waals surface area contributed by atoms with Crippen LogP contribution >= 0.6 is 0 Å².